The van der Waals surface area contributed by atoms with Crippen molar-refractivity contribution in [3.8, 4) is 0 Å². The fourth-order valence-electron chi connectivity index (χ4n) is 3.22. The van der Waals surface area contributed by atoms with Crippen molar-refractivity contribution < 1.29 is 18.8 Å². The van der Waals surface area contributed by atoms with Crippen molar-refractivity contribution in [3.63, 3.8) is 0 Å². The molecule has 0 amide bonds. The summed E-state index contributed by atoms with van der Waals surface area (Å²) in [5.41, 5.74) is 7.11. The average Bonchev–Trinajstić information content (AvgIpc) is 2.67. The summed E-state index contributed by atoms with van der Waals surface area (Å²) >= 11 is 3.30. The van der Waals surface area contributed by atoms with Gasteiger partial charge in [-0.2, -0.15) is 0 Å². The predicted molar refractivity (Wildman–Crippen MR) is 102 cm³/mol. The van der Waals surface area contributed by atoms with Crippen LogP contribution in [0.4, 0.5) is 10.1 Å². The van der Waals surface area contributed by atoms with Crippen LogP contribution in [0.3, 0.4) is 0 Å². The molecule has 0 aliphatic heterocycles. The van der Waals surface area contributed by atoms with Crippen molar-refractivity contribution in [1.29, 1.82) is 0 Å². The molecule has 3 aromatic carbocycles. The second kappa shape index (κ2) is 6.25. The second-order valence-corrected chi connectivity index (χ2v) is 6.96. The van der Waals surface area contributed by atoms with E-state index in [9.17, 15) is 18.8 Å². The Balaban J connectivity index is 1.93. The van der Waals surface area contributed by atoms with Crippen LogP contribution in [0.2, 0.25) is 0 Å². The first-order valence-corrected chi connectivity index (χ1v) is 8.80. The van der Waals surface area contributed by atoms with Gasteiger partial charge in [0.25, 0.3) is 0 Å². The average molecular weight is 424 g/mol. The summed E-state index contributed by atoms with van der Waals surface area (Å²) in [4.78, 5) is 38.7. The maximum Gasteiger partial charge on any atom is 0.196 e. The van der Waals surface area contributed by atoms with Crippen LogP contribution < -0.4 is 5.73 Å². The van der Waals surface area contributed by atoms with Gasteiger partial charge in [-0.05, 0) is 46.3 Å². The number of anilines is 1. The van der Waals surface area contributed by atoms with Gasteiger partial charge >= 0.3 is 0 Å². The fraction of sp³-hybridized carbons (Fsp3) is 0. The highest BCUT2D eigenvalue weighted by molar-refractivity contribution is 9.10. The number of hydrogen-bond donors (Lipinski definition) is 1. The zero-order chi connectivity index (χ0) is 19.3. The molecule has 0 fully saturated rings. The Bertz CT molecular complexity index is 1150. The minimum atomic E-state index is -0.469. The number of halogens is 2. The Morgan fingerprint density at radius 3 is 2.04 bits per heavy atom. The normalized spacial score (nSPS) is 12.5. The Labute approximate surface area is 161 Å². The van der Waals surface area contributed by atoms with Gasteiger partial charge < -0.3 is 5.73 Å². The summed E-state index contributed by atoms with van der Waals surface area (Å²) in [6.07, 6.45) is 0. The lowest BCUT2D eigenvalue weighted by atomic mass is 9.81. The highest BCUT2D eigenvalue weighted by Gasteiger charge is 2.35. The van der Waals surface area contributed by atoms with Crippen LogP contribution in [0.1, 0.15) is 47.8 Å². The summed E-state index contributed by atoms with van der Waals surface area (Å²) in [5.74, 6) is -1.68. The van der Waals surface area contributed by atoms with E-state index in [0.717, 1.165) is 0 Å². The standard InChI is InChI=1S/C21H11BrFNO3/c22-15-9-14(19(25)10-5-7-11(23)8-6-10)18(24)17-16(15)20(26)12-3-1-2-4-13(12)21(17)27/h1-9H,24H2. The van der Waals surface area contributed by atoms with Gasteiger partial charge in [0.15, 0.2) is 17.3 Å². The van der Waals surface area contributed by atoms with Gasteiger partial charge in [-0.1, -0.05) is 24.3 Å². The molecule has 0 aromatic heterocycles. The zero-order valence-corrected chi connectivity index (χ0v) is 15.3. The second-order valence-electron chi connectivity index (χ2n) is 6.11. The van der Waals surface area contributed by atoms with Gasteiger partial charge in [0, 0.05) is 26.7 Å². The molecule has 27 heavy (non-hydrogen) atoms. The molecular weight excluding hydrogens is 413 g/mol. The first-order chi connectivity index (χ1) is 12.9. The van der Waals surface area contributed by atoms with E-state index in [1.165, 1.54) is 30.3 Å². The number of nitrogen functional groups attached to an aromatic ring is 1. The minimum absolute atomic E-state index is 0.0125. The number of ketones is 3. The molecule has 6 heteroatoms. The molecule has 0 saturated carbocycles. The first-order valence-electron chi connectivity index (χ1n) is 8.01. The van der Waals surface area contributed by atoms with Gasteiger partial charge in [0.1, 0.15) is 5.82 Å². The molecule has 0 heterocycles. The molecule has 4 rings (SSSR count). The molecule has 0 radical (unpaired) electrons. The van der Waals surface area contributed by atoms with Crippen LogP contribution in [0, 0.1) is 5.82 Å². The van der Waals surface area contributed by atoms with E-state index >= 15 is 0 Å². The lowest BCUT2D eigenvalue weighted by Crippen LogP contribution is -2.24. The van der Waals surface area contributed by atoms with E-state index in [2.05, 4.69) is 15.9 Å². The SMILES string of the molecule is Nc1c(C(=O)c2ccc(F)cc2)cc(Br)c2c1C(=O)c1ccccc1C2=O. The Kier molecular flexibility index (Phi) is 4.00. The quantitative estimate of drug-likeness (QED) is 0.387. The van der Waals surface area contributed by atoms with Crippen LogP contribution in [-0.2, 0) is 0 Å². The summed E-state index contributed by atoms with van der Waals surface area (Å²) in [6.45, 7) is 0. The van der Waals surface area contributed by atoms with Gasteiger partial charge in [-0.3, -0.25) is 14.4 Å². The fourth-order valence-corrected chi connectivity index (χ4v) is 3.82. The van der Waals surface area contributed by atoms with Crippen LogP contribution in [0.15, 0.2) is 59.1 Å². The highest BCUT2D eigenvalue weighted by Crippen LogP contribution is 2.38. The van der Waals surface area contributed by atoms with Crippen LogP contribution in [-0.4, -0.2) is 17.3 Å². The van der Waals surface area contributed by atoms with E-state index in [-0.39, 0.29) is 39.3 Å². The molecule has 4 nitrogen and oxygen atoms in total. The lowest BCUT2D eigenvalue weighted by molar-refractivity contribution is 0.0978. The predicted octanol–water partition coefficient (Wildman–Crippen LogP) is 4.18. The van der Waals surface area contributed by atoms with Crippen molar-refractivity contribution >= 4 is 39.0 Å². The van der Waals surface area contributed by atoms with Crippen molar-refractivity contribution in [2.75, 3.05) is 5.73 Å². The number of hydrogen-bond acceptors (Lipinski definition) is 4. The largest absolute Gasteiger partial charge is 0.398 e. The molecule has 3 aromatic rings. The van der Waals surface area contributed by atoms with Crippen molar-refractivity contribution in [2.24, 2.45) is 0 Å². The number of rotatable bonds is 2. The number of carbonyl (C=O) groups is 3. The van der Waals surface area contributed by atoms with E-state index in [1.807, 2.05) is 0 Å². The zero-order valence-electron chi connectivity index (χ0n) is 13.8. The van der Waals surface area contributed by atoms with E-state index in [4.69, 9.17) is 5.73 Å². The molecule has 2 N–H and O–H groups in total. The molecule has 1 aliphatic carbocycles. The first kappa shape index (κ1) is 17.3. The topological polar surface area (TPSA) is 77.2 Å². The minimum Gasteiger partial charge on any atom is -0.398 e. The summed E-state index contributed by atoms with van der Waals surface area (Å²) in [6, 6.07) is 12.9. The third-order valence-electron chi connectivity index (χ3n) is 4.54. The third kappa shape index (κ3) is 2.61. The van der Waals surface area contributed by atoms with Crippen molar-refractivity contribution in [2.45, 2.75) is 0 Å². The number of benzene rings is 3. The molecule has 0 unspecified atom stereocenters. The molecule has 132 valence electrons. The number of nitrogens with two attached hydrogens (primary N) is 1. The number of carbonyl (C=O) groups excluding carboxylic acids is 3. The molecular formula is C21H11BrFNO3. The van der Waals surface area contributed by atoms with Crippen LogP contribution in [0.25, 0.3) is 0 Å². The monoisotopic (exact) mass is 423 g/mol. The van der Waals surface area contributed by atoms with Gasteiger partial charge in [-0.15, -0.1) is 0 Å². The molecule has 0 spiro atoms. The molecule has 0 bridgehead atoms. The van der Waals surface area contributed by atoms with Crippen molar-refractivity contribution in [1.82, 2.24) is 0 Å². The Morgan fingerprint density at radius 2 is 1.44 bits per heavy atom. The van der Waals surface area contributed by atoms with E-state index in [1.54, 1.807) is 24.3 Å². The smallest absolute Gasteiger partial charge is 0.196 e. The summed E-state index contributed by atoms with van der Waals surface area (Å²) in [5, 5.41) is 0. The molecule has 0 atom stereocenters. The Morgan fingerprint density at radius 1 is 0.889 bits per heavy atom. The van der Waals surface area contributed by atoms with E-state index in [0.29, 0.717) is 10.0 Å². The number of fused-ring (bicyclic) bond motifs is 2. The van der Waals surface area contributed by atoms with Crippen LogP contribution >= 0.6 is 15.9 Å². The van der Waals surface area contributed by atoms with Gasteiger partial charge in [0.2, 0.25) is 0 Å². The van der Waals surface area contributed by atoms with Crippen molar-refractivity contribution in [3.05, 3.63) is 98.3 Å². The van der Waals surface area contributed by atoms with Gasteiger partial charge in [-0.25, -0.2) is 4.39 Å². The molecule has 1 aliphatic rings. The summed E-state index contributed by atoms with van der Waals surface area (Å²) < 4.78 is 13.4. The third-order valence-corrected chi connectivity index (χ3v) is 5.17. The Hall–Kier alpha value is -3.12. The molecule has 0 saturated heterocycles. The highest BCUT2D eigenvalue weighted by atomic mass is 79.9. The summed E-state index contributed by atoms with van der Waals surface area (Å²) in [7, 11) is 0. The van der Waals surface area contributed by atoms with E-state index < -0.39 is 17.4 Å². The maximum atomic E-state index is 13.1. The lowest BCUT2D eigenvalue weighted by Gasteiger charge is -2.21. The van der Waals surface area contributed by atoms with Gasteiger partial charge in [0.05, 0.1) is 16.8 Å². The maximum absolute atomic E-state index is 13.1. The van der Waals surface area contributed by atoms with Crippen LogP contribution in [0.5, 0.6) is 0 Å².